The molecular weight excluding hydrogens is 302 g/mol. The van der Waals surface area contributed by atoms with E-state index in [0.717, 1.165) is 23.4 Å². The third-order valence-electron chi connectivity index (χ3n) is 3.34. The van der Waals surface area contributed by atoms with Crippen LogP contribution in [0.25, 0.3) is 11.3 Å². The smallest absolute Gasteiger partial charge is 0.187 e. The van der Waals surface area contributed by atoms with Crippen molar-refractivity contribution in [3.8, 4) is 11.3 Å². The molecule has 0 atom stereocenters. The van der Waals surface area contributed by atoms with E-state index < -0.39 is 11.6 Å². The molecule has 0 fully saturated rings. The van der Waals surface area contributed by atoms with Gasteiger partial charge in [-0.3, -0.25) is 0 Å². The van der Waals surface area contributed by atoms with E-state index in [1.54, 1.807) is 0 Å². The monoisotopic (exact) mass is 316 g/mol. The SMILES string of the molecule is Cc1ccc(Nc2nc(-c3ccc(F)c(F)c3)cs2)c(C)c1. The van der Waals surface area contributed by atoms with Gasteiger partial charge in [0.2, 0.25) is 0 Å². The third kappa shape index (κ3) is 2.99. The van der Waals surface area contributed by atoms with Crippen LogP contribution in [0.5, 0.6) is 0 Å². The molecule has 0 bridgehead atoms. The summed E-state index contributed by atoms with van der Waals surface area (Å²) in [6.07, 6.45) is 0. The fourth-order valence-electron chi connectivity index (χ4n) is 2.19. The molecule has 0 unspecified atom stereocenters. The molecule has 0 aliphatic carbocycles. The van der Waals surface area contributed by atoms with Gasteiger partial charge in [-0.05, 0) is 43.7 Å². The van der Waals surface area contributed by atoms with E-state index in [9.17, 15) is 8.78 Å². The quantitative estimate of drug-likeness (QED) is 0.695. The summed E-state index contributed by atoms with van der Waals surface area (Å²) in [6.45, 7) is 4.07. The zero-order chi connectivity index (χ0) is 15.7. The van der Waals surface area contributed by atoms with E-state index in [0.29, 0.717) is 16.4 Å². The fourth-order valence-corrected chi connectivity index (χ4v) is 2.92. The predicted octanol–water partition coefficient (Wildman–Crippen LogP) is 5.45. The maximum absolute atomic E-state index is 13.3. The van der Waals surface area contributed by atoms with E-state index in [2.05, 4.69) is 16.4 Å². The van der Waals surface area contributed by atoms with Crippen molar-refractivity contribution in [2.75, 3.05) is 5.32 Å². The van der Waals surface area contributed by atoms with Crippen LogP contribution in [-0.2, 0) is 0 Å². The van der Waals surface area contributed by atoms with Crippen LogP contribution in [0.2, 0.25) is 0 Å². The molecular formula is C17H14F2N2S. The van der Waals surface area contributed by atoms with Crippen molar-refractivity contribution < 1.29 is 8.78 Å². The van der Waals surface area contributed by atoms with Gasteiger partial charge in [0, 0.05) is 16.6 Å². The molecule has 0 saturated carbocycles. The Morgan fingerprint density at radius 3 is 2.55 bits per heavy atom. The minimum absolute atomic E-state index is 0.559. The standard InChI is InChI=1S/C17H14F2N2S/c1-10-3-6-15(11(2)7-10)20-17-21-16(9-22-17)12-4-5-13(18)14(19)8-12/h3-9H,1-2H3,(H,20,21). The van der Waals surface area contributed by atoms with Crippen molar-refractivity contribution in [1.82, 2.24) is 4.98 Å². The summed E-state index contributed by atoms with van der Waals surface area (Å²) in [5.41, 5.74) is 4.49. The molecule has 22 heavy (non-hydrogen) atoms. The molecule has 2 aromatic carbocycles. The Hall–Kier alpha value is -2.27. The zero-order valence-electron chi connectivity index (χ0n) is 12.2. The molecule has 2 nitrogen and oxygen atoms in total. The highest BCUT2D eigenvalue weighted by Gasteiger charge is 2.09. The molecule has 3 aromatic rings. The summed E-state index contributed by atoms with van der Waals surface area (Å²) in [5, 5.41) is 5.79. The van der Waals surface area contributed by atoms with Crippen LogP contribution in [0, 0.1) is 25.5 Å². The van der Waals surface area contributed by atoms with Crippen LogP contribution in [-0.4, -0.2) is 4.98 Å². The summed E-state index contributed by atoms with van der Waals surface area (Å²) >= 11 is 1.42. The number of benzene rings is 2. The topological polar surface area (TPSA) is 24.9 Å². The predicted molar refractivity (Wildman–Crippen MR) is 86.7 cm³/mol. The lowest BCUT2D eigenvalue weighted by atomic mass is 10.1. The number of nitrogens with zero attached hydrogens (tertiary/aromatic N) is 1. The van der Waals surface area contributed by atoms with Gasteiger partial charge in [-0.1, -0.05) is 17.7 Å². The summed E-state index contributed by atoms with van der Waals surface area (Å²) in [4.78, 5) is 4.43. The average Bonchev–Trinajstić information content (AvgIpc) is 2.93. The first-order valence-corrected chi connectivity index (χ1v) is 7.66. The van der Waals surface area contributed by atoms with Crippen LogP contribution >= 0.6 is 11.3 Å². The van der Waals surface area contributed by atoms with Gasteiger partial charge in [-0.25, -0.2) is 13.8 Å². The van der Waals surface area contributed by atoms with Gasteiger partial charge in [0.05, 0.1) is 5.69 Å². The molecule has 0 saturated heterocycles. The molecule has 0 amide bonds. The van der Waals surface area contributed by atoms with E-state index >= 15 is 0 Å². The number of anilines is 2. The lowest BCUT2D eigenvalue weighted by Crippen LogP contribution is -1.93. The summed E-state index contributed by atoms with van der Waals surface area (Å²) in [5.74, 6) is -1.72. The van der Waals surface area contributed by atoms with Crippen LogP contribution < -0.4 is 5.32 Å². The van der Waals surface area contributed by atoms with Crippen molar-refractivity contribution >= 4 is 22.2 Å². The molecule has 0 radical (unpaired) electrons. The molecule has 1 heterocycles. The van der Waals surface area contributed by atoms with Gasteiger partial charge in [0.1, 0.15) is 0 Å². The van der Waals surface area contributed by atoms with Gasteiger partial charge in [0.15, 0.2) is 16.8 Å². The highest BCUT2D eigenvalue weighted by Crippen LogP contribution is 2.29. The number of nitrogens with one attached hydrogen (secondary N) is 1. The Labute approximate surface area is 131 Å². The molecule has 5 heteroatoms. The maximum Gasteiger partial charge on any atom is 0.187 e. The Bertz CT molecular complexity index is 827. The maximum atomic E-state index is 13.3. The number of hydrogen-bond acceptors (Lipinski definition) is 3. The summed E-state index contributed by atoms with van der Waals surface area (Å²) in [6, 6.07) is 9.91. The number of hydrogen-bond donors (Lipinski definition) is 1. The second kappa shape index (κ2) is 5.85. The Morgan fingerprint density at radius 1 is 1.00 bits per heavy atom. The van der Waals surface area contributed by atoms with Crippen LogP contribution in [0.15, 0.2) is 41.8 Å². The van der Waals surface area contributed by atoms with Crippen molar-refractivity contribution in [2.45, 2.75) is 13.8 Å². The van der Waals surface area contributed by atoms with Crippen molar-refractivity contribution in [2.24, 2.45) is 0 Å². The lowest BCUT2D eigenvalue weighted by molar-refractivity contribution is 0.509. The fraction of sp³-hybridized carbons (Fsp3) is 0.118. The second-order valence-corrected chi connectivity index (χ2v) is 5.97. The summed E-state index contributed by atoms with van der Waals surface area (Å²) < 4.78 is 26.3. The van der Waals surface area contributed by atoms with E-state index in [-0.39, 0.29) is 0 Å². The average molecular weight is 316 g/mol. The van der Waals surface area contributed by atoms with E-state index in [1.807, 2.05) is 31.4 Å². The van der Waals surface area contributed by atoms with Crippen LogP contribution in [0.3, 0.4) is 0 Å². The first-order valence-electron chi connectivity index (χ1n) is 6.78. The van der Waals surface area contributed by atoms with E-state index in [4.69, 9.17) is 0 Å². The molecule has 3 rings (SSSR count). The van der Waals surface area contributed by atoms with Gasteiger partial charge in [0.25, 0.3) is 0 Å². The number of rotatable bonds is 3. The minimum atomic E-state index is -0.866. The number of halogens is 2. The van der Waals surface area contributed by atoms with Gasteiger partial charge in [-0.15, -0.1) is 11.3 Å². The number of aromatic nitrogens is 1. The van der Waals surface area contributed by atoms with Crippen molar-refractivity contribution in [3.63, 3.8) is 0 Å². The molecule has 1 aromatic heterocycles. The van der Waals surface area contributed by atoms with Crippen molar-refractivity contribution in [1.29, 1.82) is 0 Å². The normalized spacial score (nSPS) is 10.7. The first kappa shape index (κ1) is 14.7. The highest BCUT2D eigenvalue weighted by atomic mass is 32.1. The number of thiazole rings is 1. The molecule has 1 N–H and O–H groups in total. The molecule has 0 aliphatic rings. The molecule has 112 valence electrons. The third-order valence-corrected chi connectivity index (χ3v) is 4.10. The second-order valence-electron chi connectivity index (χ2n) is 5.11. The van der Waals surface area contributed by atoms with Crippen LogP contribution in [0.4, 0.5) is 19.6 Å². The highest BCUT2D eigenvalue weighted by molar-refractivity contribution is 7.14. The Kier molecular flexibility index (Phi) is 3.90. The first-order chi connectivity index (χ1) is 10.5. The van der Waals surface area contributed by atoms with Crippen LogP contribution in [0.1, 0.15) is 11.1 Å². The van der Waals surface area contributed by atoms with Gasteiger partial charge < -0.3 is 5.32 Å². The summed E-state index contributed by atoms with van der Waals surface area (Å²) in [7, 11) is 0. The Balaban J connectivity index is 1.85. The van der Waals surface area contributed by atoms with Crippen molar-refractivity contribution in [3.05, 3.63) is 64.5 Å². The largest absolute Gasteiger partial charge is 0.331 e. The number of aryl methyl sites for hydroxylation is 2. The zero-order valence-corrected chi connectivity index (χ0v) is 13.0. The molecule has 0 spiro atoms. The van der Waals surface area contributed by atoms with E-state index in [1.165, 1.54) is 23.0 Å². The minimum Gasteiger partial charge on any atom is -0.331 e. The van der Waals surface area contributed by atoms with Gasteiger partial charge in [-0.2, -0.15) is 0 Å². The van der Waals surface area contributed by atoms with Gasteiger partial charge >= 0.3 is 0 Å². The lowest BCUT2D eigenvalue weighted by Gasteiger charge is -2.07. The molecule has 0 aliphatic heterocycles. The Morgan fingerprint density at radius 2 is 1.82 bits per heavy atom.